The fourth-order valence-electron chi connectivity index (χ4n) is 3.63. The topological polar surface area (TPSA) is 40.6 Å². The molecule has 0 amide bonds. The van der Waals surface area contributed by atoms with Crippen LogP contribution < -0.4 is 0 Å². The van der Waals surface area contributed by atoms with Gasteiger partial charge in [0.05, 0.1) is 5.25 Å². The molecular formula is C16H32N2O2S. The minimum Gasteiger partial charge on any atom is -0.301 e. The average molecular weight is 317 g/mol. The highest BCUT2D eigenvalue weighted by molar-refractivity contribution is 7.91. The van der Waals surface area contributed by atoms with E-state index in [0.29, 0.717) is 6.04 Å². The fraction of sp³-hybridized carbons (Fsp3) is 1.00. The lowest BCUT2D eigenvalue weighted by molar-refractivity contribution is 0.0774. The first kappa shape index (κ1) is 17.2. The summed E-state index contributed by atoms with van der Waals surface area (Å²) in [4.78, 5) is 5.11. The van der Waals surface area contributed by atoms with Crippen LogP contribution in [-0.4, -0.2) is 68.5 Å². The molecule has 0 aromatic carbocycles. The molecule has 124 valence electrons. The molecular weight excluding hydrogens is 284 g/mol. The van der Waals surface area contributed by atoms with Gasteiger partial charge < -0.3 is 4.90 Å². The summed E-state index contributed by atoms with van der Waals surface area (Å²) >= 11 is 0. The van der Waals surface area contributed by atoms with Gasteiger partial charge in [0.1, 0.15) is 9.84 Å². The zero-order valence-corrected chi connectivity index (χ0v) is 14.7. The number of piperazine rings is 1. The van der Waals surface area contributed by atoms with Crippen molar-refractivity contribution in [2.75, 3.05) is 39.0 Å². The molecule has 5 heteroatoms. The van der Waals surface area contributed by atoms with Crippen LogP contribution in [0, 0.1) is 5.92 Å². The molecule has 0 aromatic heterocycles. The minimum atomic E-state index is -2.86. The van der Waals surface area contributed by atoms with Crippen LogP contribution in [0.3, 0.4) is 0 Å². The minimum absolute atomic E-state index is 0.102. The second-order valence-corrected chi connectivity index (χ2v) is 9.66. The van der Waals surface area contributed by atoms with Gasteiger partial charge in [-0.1, -0.05) is 20.3 Å². The molecule has 0 N–H and O–H groups in total. The molecule has 1 aliphatic heterocycles. The molecule has 21 heavy (non-hydrogen) atoms. The largest absolute Gasteiger partial charge is 0.301 e. The Bertz CT molecular complexity index is 414. The zero-order chi connectivity index (χ0) is 15.5. The Morgan fingerprint density at radius 3 is 2.33 bits per heavy atom. The van der Waals surface area contributed by atoms with E-state index in [1.807, 2.05) is 0 Å². The zero-order valence-electron chi connectivity index (χ0n) is 13.9. The summed E-state index contributed by atoms with van der Waals surface area (Å²) in [5.41, 5.74) is 0. The van der Waals surface area contributed by atoms with E-state index in [1.165, 1.54) is 25.6 Å². The number of hydrogen-bond acceptors (Lipinski definition) is 4. The third-order valence-corrected chi connectivity index (χ3v) is 6.79. The van der Waals surface area contributed by atoms with Crippen molar-refractivity contribution in [3.05, 3.63) is 0 Å². The Kier molecular flexibility index (Phi) is 6.09. The summed E-state index contributed by atoms with van der Waals surface area (Å²) in [6.07, 6.45) is 6.64. The van der Waals surface area contributed by atoms with Crippen LogP contribution in [-0.2, 0) is 9.84 Å². The van der Waals surface area contributed by atoms with Gasteiger partial charge in [0, 0.05) is 38.5 Å². The van der Waals surface area contributed by atoms with Gasteiger partial charge in [-0.25, -0.2) is 8.42 Å². The molecule has 0 aromatic rings. The van der Waals surface area contributed by atoms with Crippen LogP contribution in [0.4, 0.5) is 0 Å². The maximum atomic E-state index is 11.8. The fourth-order valence-corrected chi connectivity index (χ4v) is 4.80. The van der Waals surface area contributed by atoms with Crippen molar-refractivity contribution < 1.29 is 8.42 Å². The Balaban J connectivity index is 1.79. The first-order valence-electron chi connectivity index (χ1n) is 8.51. The lowest BCUT2D eigenvalue weighted by atomic mass is 9.93. The van der Waals surface area contributed by atoms with E-state index in [2.05, 4.69) is 23.6 Å². The Morgan fingerprint density at radius 1 is 1.10 bits per heavy atom. The van der Waals surface area contributed by atoms with Gasteiger partial charge in [0.2, 0.25) is 0 Å². The van der Waals surface area contributed by atoms with E-state index in [-0.39, 0.29) is 5.25 Å². The van der Waals surface area contributed by atoms with Crippen LogP contribution in [0.25, 0.3) is 0 Å². The van der Waals surface area contributed by atoms with Gasteiger partial charge in [0.25, 0.3) is 0 Å². The summed E-state index contributed by atoms with van der Waals surface area (Å²) in [5, 5.41) is -0.102. The second kappa shape index (κ2) is 7.42. The molecule has 2 aliphatic rings. The molecule has 0 radical (unpaired) electrons. The van der Waals surface area contributed by atoms with E-state index in [1.54, 1.807) is 0 Å². The predicted molar refractivity (Wildman–Crippen MR) is 88.4 cm³/mol. The Hall–Kier alpha value is -0.130. The molecule has 4 nitrogen and oxygen atoms in total. The van der Waals surface area contributed by atoms with Crippen LogP contribution in [0.1, 0.15) is 46.0 Å². The Labute approximate surface area is 130 Å². The number of nitrogens with zero attached hydrogens (tertiary/aromatic N) is 2. The van der Waals surface area contributed by atoms with Crippen LogP contribution in [0.2, 0.25) is 0 Å². The number of rotatable bonds is 5. The van der Waals surface area contributed by atoms with E-state index in [0.717, 1.165) is 51.4 Å². The second-order valence-electron chi connectivity index (χ2n) is 7.33. The number of sulfone groups is 1. The summed E-state index contributed by atoms with van der Waals surface area (Å²) in [5.74, 6) is 0.775. The molecule has 1 heterocycles. The van der Waals surface area contributed by atoms with Gasteiger partial charge in [-0.2, -0.15) is 0 Å². The molecule has 0 spiro atoms. The Morgan fingerprint density at radius 2 is 1.76 bits per heavy atom. The summed E-state index contributed by atoms with van der Waals surface area (Å²) < 4.78 is 23.6. The van der Waals surface area contributed by atoms with Crippen molar-refractivity contribution in [3.8, 4) is 0 Å². The highest BCUT2D eigenvalue weighted by Crippen LogP contribution is 2.28. The summed E-state index contributed by atoms with van der Waals surface area (Å²) in [7, 11) is -2.86. The summed E-state index contributed by atoms with van der Waals surface area (Å²) in [6, 6.07) is 0.491. The normalized spacial score (nSPS) is 29.9. The average Bonchev–Trinajstić information content (AvgIpc) is 2.45. The van der Waals surface area contributed by atoms with Crippen molar-refractivity contribution >= 4 is 9.84 Å². The lowest BCUT2D eigenvalue weighted by Crippen LogP contribution is -2.52. The molecule has 2 rings (SSSR count). The molecule has 1 saturated heterocycles. The van der Waals surface area contributed by atoms with Crippen molar-refractivity contribution in [3.63, 3.8) is 0 Å². The van der Waals surface area contributed by atoms with Crippen LogP contribution in [0.15, 0.2) is 0 Å². The smallest absolute Gasteiger partial charge is 0.150 e. The highest BCUT2D eigenvalue weighted by Gasteiger charge is 2.33. The lowest BCUT2D eigenvalue weighted by Gasteiger charge is -2.42. The van der Waals surface area contributed by atoms with Crippen LogP contribution in [0.5, 0.6) is 0 Å². The highest BCUT2D eigenvalue weighted by atomic mass is 32.2. The first-order valence-corrected chi connectivity index (χ1v) is 10.5. The standard InChI is InChI=1S/C16H32N2O2S/c1-14(2)7-8-17-9-11-18(12-10-17)15-5-4-6-16(13-15)21(3,19)20/h14-16H,4-13H2,1-3H3/t15-,16+/m1/s1. The van der Waals surface area contributed by atoms with Crippen molar-refractivity contribution in [1.82, 2.24) is 9.80 Å². The van der Waals surface area contributed by atoms with Gasteiger partial charge in [-0.3, -0.25) is 4.90 Å². The van der Waals surface area contributed by atoms with Gasteiger partial charge in [-0.05, 0) is 38.1 Å². The molecule has 1 aliphatic carbocycles. The third kappa shape index (κ3) is 5.22. The van der Waals surface area contributed by atoms with Gasteiger partial charge in [0.15, 0.2) is 0 Å². The van der Waals surface area contributed by atoms with Gasteiger partial charge >= 0.3 is 0 Å². The molecule has 2 atom stereocenters. The maximum Gasteiger partial charge on any atom is 0.150 e. The van der Waals surface area contributed by atoms with E-state index >= 15 is 0 Å². The number of hydrogen-bond donors (Lipinski definition) is 0. The SMILES string of the molecule is CC(C)CCN1CCN([C@@H]2CCC[C@H](S(C)(=O)=O)C2)CC1. The van der Waals surface area contributed by atoms with Crippen molar-refractivity contribution in [1.29, 1.82) is 0 Å². The van der Waals surface area contributed by atoms with E-state index in [4.69, 9.17) is 0 Å². The maximum absolute atomic E-state index is 11.8. The van der Waals surface area contributed by atoms with Gasteiger partial charge in [-0.15, -0.1) is 0 Å². The molecule has 1 saturated carbocycles. The first-order chi connectivity index (χ1) is 9.86. The molecule has 2 fully saturated rings. The predicted octanol–water partition coefficient (Wildman–Crippen LogP) is 2.01. The van der Waals surface area contributed by atoms with Crippen molar-refractivity contribution in [2.24, 2.45) is 5.92 Å². The van der Waals surface area contributed by atoms with Crippen LogP contribution >= 0.6 is 0 Å². The van der Waals surface area contributed by atoms with Crippen molar-refractivity contribution in [2.45, 2.75) is 57.2 Å². The third-order valence-electron chi connectivity index (χ3n) is 5.15. The van der Waals surface area contributed by atoms with E-state index in [9.17, 15) is 8.42 Å². The quantitative estimate of drug-likeness (QED) is 0.778. The molecule has 0 bridgehead atoms. The summed E-state index contributed by atoms with van der Waals surface area (Å²) in [6.45, 7) is 10.3. The monoisotopic (exact) mass is 316 g/mol. The molecule has 0 unspecified atom stereocenters. The van der Waals surface area contributed by atoms with E-state index < -0.39 is 9.84 Å².